The lowest BCUT2D eigenvalue weighted by molar-refractivity contribution is 0.0983. The number of aryl methyl sites for hydroxylation is 1. The van der Waals surface area contributed by atoms with Crippen LogP contribution in [-0.2, 0) is 0 Å². The van der Waals surface area contributed by atoms with E-state index < -0.39 is 0 Å². The largest absolute Gasteiger partial charge is 0.313 e. The second-order valence-corrected chi connectivity index (χ2v) is 2.70. The van der Waals surface area contributed by atoms with E-state index in [0.29, 0.717) is 5.56 Å². The zero-order valence-electron chi connectivity index (χ0n) is 7.55. The molecule has 0 amide bonds. The van der Waals surface area contributed by atoms with Crippen molar-refractivity contribution in [2.24, 2.45) is 0 Å². The second kappa shape index (κ2) is 3.95. The van der Waals surface area contributed by atoms with Crippen LogP contribution < -0.4 is 10.9 Å². The number of aromatic nitrogens is 2. The number of Topliss-reactive ketones (excluding diaryl/α,β-unsaturated/α-hetero) is 1. The lowest BCUT2D eigenvalue weighted by Crippen LogP contribution is -2.24. The first kappa shape index (κ1) is 9.60. The summed E-state index contributed by atoms with van der Waals surface area (Å²) in [6, 6.07) is 0. The molecule has 0 aromatic carbocycles. The molecule has 0 spiro atoms. The lowest BCUT2D eigenvalue weighted by Gasteiger charge is -1.98. The summed E-state index contributed by atoms with van der Waals surface area (Å²) in [6.45, 7) is 1.81. The predicted octanol–water partition coefficient (Wildman–Crippen LogP) is -0.520. The Hall–Kier alpha value is -1.49. The van der Waals surface area contributed by atoms with Gasteiger partial charge in [-0.25, -0.2) is 4.98 Å². The minimum atomic E-state index is -0.269. The van der Waals surface area contributed by atoms with E-state index in [1.807, 2.05) is 0 Å². The van der Waals surface area contributed by atoms with Crippen molar-refractivity contribution >= 4 is 5.78 Å². The first-order valence-electron chi connectivity index (χ1n) is 3.89. The van der Waals surface area contributed by atoms with Crippen molar-refractivity contribution in [3.05, 3.63) is 27.9 Å². The van der Waals surface area contributed by atoms with Gasteiger partial charge in [0, 0.05) is 11.8 Å². The average Bonchev–Trinajstić information content (AvgIpc) is 2.10. The van der Waals surface area contributed by atoms with E-state index in [2.05, 4.69) is 15.3 Å². The van der Waals surface area contributed by atoms with Crippen LogP contribution in [0, 0.1) is 6.92 Å². The molecule has 5 heteroatoms. The van der Waals surface area contributed by atoms with Gasteiger partial charge in [0.15, 0.2) is 5.82 Å². The maximum atomic E-state index is 11.2. The van der Waals surface area contributed by atoms with Gasteiger partial charge in [-0.1, -0.05) is 0 Å². The third-order valence-electron chi connectivity index (χ3n) is 1.58. The van der Waals surface area contributed by atoms with E-state index in [1.54, 1.807) is 14.0 Å². The summed E-state index contributed by atoms with van der Waals surface area (Å²) in [6.07, 6.45) is 1.39. The highest BCUT2D eigenvalue weighted by Gasteiger charge is 2.07. The Kier molecular flexibility index (Phi) is 2.92. The van der Waals surface area contributed by atoms with Gasteiger partial charge in [0.2, 0.25) is 5.78 Å². The number of ketones is 1. The molecule has 1 heterocycles. The number of nitrogens with zero attached hydrogens (tertiary/aromatic N) is 1. The van der Waals surface area contributed by atoms with Crippen molar-refractivity contribution in [2.75, 3.05) is 13.6 Å². The predicted molar refractivity (Wildman–Crippen MR) is 47.9 cm³/mol. The zero-order chi connectivity index (χ0) is 9.84. The molecule has 0 unspecified atom stereocenters. The number of rotatable bonds is 3. The van der Waals surface area contributed by atoms with Crippen LogP contribution in [0.25, 0.3) is 0 Å². The Morgan fingerprint density at radius 3 is 2.92 bits per heavy atom. The number of likely N-dealkylation sites (N-methyl/N-ethyl adjacent to an activating group) is 1. The molecule has 0 saturated carbocycles. The normalized spacial score (nSPS) is 10.0. The van der Waals surface area contributed by atoms with Gasteiger partial charge in [0.1, 0.15) is 0 Å². The molecule has 0 aliphatic rings. The minimum Gasteiger partial charge on any atom is -0.313 e. The molecule has 0 radical (unpaired) electrons. The molecular formula is C8H11N3O2. The molecule has 0 aliphatic carbocycles. The number of hydrogen-bond donors (Lipinski definition) is 2. The SMILES string of the molecule is CNCC(=O)c1ncc(C)c(=O)[nH]1. The third-order valence-corrected chi connectivity index (χ3v) is 1.58. The molecule has 1 aromatic heterocycles. The fourth-order valence-corrected chi connectivity index (χ4v) is 0.844. The molecule has 5 nitrogen and oxygen atoms in total. The molecule has 0 fully saturated rings. The first-order chi connectivity index (χ1) is 6.15. The highest BCUT2D eigenvalue weighted by Crippen LogP contribution is 1.88. The van der Waals surface area contributed by atoms with Crippen LogP contribution in [0.4, 0.5) is 0 Å². The van der Waals surface area contributed by atoms with Gasteiger partial charge in [0.05, 0.1) is 6.54 Å². The van der Waals surface area contributed by atoms with Crippen LogP contribution in [-0.4, -0.2) is 29.3 Å². The van der Waals surface area contributed by atoms with E-state index in [-0.39, 0.29) is 23.7 Å². The fraction of sp³-hybridized carbons (Fsp3) is 0.375. The summed E-state index contributed by atoms with van der Waals surface area (Å²) in [4.78, 5) is 28.5. The average molecular weight is 181 g/mol. The zero-order valence-corrected chi connectivity index (χ0v) is 7.55. The van der Waals surface area contributed by atoms with Crippen LogP contribution in [0.15, 0.2) is 11.0 Å². The topological polar surface area (TPSA) is 74.8 Å². The number of hydrogen-bond acceptors (Lipinski definition) is 4. The summed E-state index contributed by atoms with van der Waals surface area (Å²) in [5.74, 6) is -0.121. The van der Waals surface area contributed by atoms with Gasteiger partial charge < -0.3 is 10.3 Å². The maximum Gasteiger partial charge on any atom is 0.254 e. The Labute approximate surface area is 75.2 Å². The van der Waals surface area contributed by atoms with E-state index in [0.717, 1.165) is 0 Å². The molecule has 1 aromatic rings. The monoisotopic (exact) mass is 181 g/mol. The number of H-pyrrole nitrogens is 1. The molecule has 13 heavy (non-hydrogen) atoms. The smallest absolute Gasteiger partial charge is 0.254 e. The molecule has 70 valence electrons. The van der Waals surface area contributed by atoms with Crippen LogP contribution >= 0.6 is 0 Å². The highest BCUT2D eigenvalue weighted by atomic mass is 16.1. The second-order valence-electron chi connectivity index (χ2n) is 2.70. The van der Waals surface area contributed by atoms with E-state index in [9.17, 15) is 9.59 Å². The molecule has 2 N–H and O–H groups in total. The number of carbonyl (C=O) groups is 1. The molecule has 0 aliphatic heterocycles. The van der Waals surface area contributed by atoms with Crippen LogP contribution in [0.1, 0.15) is 16.2 Å². The van der Waals surface area contributed by atoms with Gasteiger partial charge in [0.25, 0.3) is 5.56 Å². The number of aromatic amines is 1. The Morgan fingerprint density at radius 1 is 1.69 bits per heavy atom. The van der Waals surface area contributed by atoms with Gasteiger partial charge >= 0.3 is 0 Å². The van der Waals surface area contributed by atoms with Crippen molar-refractivity contribution < 1.29 is 4.79 Å². The Morgan fingerprint density at radius 2 is 2.38 bits per heavy atom. The van der Waals surface area contributed by atoms with Crippen molar-refractivity contribution in [1.29, 1.82) is 0 Å². The molecule has 0 bridgehead atoms. The third kappa shape index (κ3) is 2.22. The van der Waals surface area contributed by atoms with Crippen molar-refractivity contribution in [3.8, 4) is 0 Å². The van der Waals surface area contributed by atoms with Crippen molar-refractivity contribution in [1.82, 2.24) is 15.3 Å². The molecule has 0 saturated heterocycles. The van der Waals surface area contributed by atoms with Crippen LogP contribution in [0.3, 0.4) is 0 Å². The number of carbonyl (C=O) groups excluding carboxylic acids is 1. The summed E-state index contributed by atoms with van der Waals surface area (Å²) >= 11 is 0. The lowest BCUT2D eigenvalue weighted by atomic mass is 10.3. The van der Waals surface area contributed by atoms with E-state index >= 15 is 0 Å². The molecular weight excluding hydrogens is 170 g/mol. The Bertz CT molecular complexity index is 370. The Balaban J connectivity index is 2.97. The van der Waals surface area contributed by atoms with Crippen molar-refractivity contribution in [2.45, 2.75) is 6.92 Å². The van der Waals surface area contributed by atoms with Gasteiger partial charge in [-0.05, 0) is 14.0 Å². The standard InChI is InChI=1S/C8H11N3O2/c1-5-3-10-7(11-8(5)13)6(12)4-9-2/h3,9H,4H2,1-2H3,(H,10,11,13). The summed E-state index contributed by atoms with van der Waals surface area (Å²) < 4.78 is 0. The summed E-state index contributed by atoms with van der Waals surface area (Å²) in [7, 11) is 1.66. The maximum absolute atomic E-state index is 11.2. The highest BCUT2D eigenvalue weighted by molar-refractivity contribution is 5.93. The van der Waals surface area contributed by atoms with Crippen molar-refractivity contribution in [3.63, 3.8) is 0 Å². The number of nitrogens with one attached hydrogen (secondary N) is 2. The van der Waals surface area contributed by atoms with E-state index in [4.69, 9.17) is 0 Å². The van der Waals surface area contributed by atoms with Gasteiger partial charge in [-0.2, -0.15) is 0 Å². The summed E-state index contributed by atoms with van der Waals surface area (Å²) in [5.41, 5.74) is 0.232. The van der Waals surface area contributed by atoms with E-state index in [1.165, 1.54) is 6.20 Å². The quantitative estimate of drug-likeness (QED) is 0.615. The first-order valence-corrected chi connectivity index (χ1v) is 3.89. The van der Waals surface area contributed by atoms with Gasteiger partial charge in [-0.15, -0.1) is 0 Å². The van der Waals surface area contributed by atoms with Crippen LogP contribution in [0.2, 0.25) is 0 Å². The minimum absolute atomic E-state index is 0.102. The molecule has 0 atom stereocenters. The fourth-order valence-electron chi connectivity index (χ4n) is 0.844. The summed E-state index contributed by atoms with van der Waals surface area (Å²) in [5, 5.41) is 2.69. The molecule has 1 rings (SSSR count). The van der Waals surface area contributed by atoms with Crippen LogP contribution in [0.5, 0.6) is 0 Å². The van der Waals surface area contributed by atoms with Gasteiger partial charge in [-0.3, -0.25) is 9.59 Å².